The average Bonchev–Trinajstić information content (AvgIpc) is 3.11. The number of benzene rings is 1. The monoisotopic (exact) mass is 335 g/mol. The average molecular weight is 336 g/mol. The zero-order chi connectivity index (χ0) is 16.1. The molecule has 2 saturated heterocycles. The Kier molecular flexibility index (Phi) is 5.92. The highest BCUT2D eigenvalue weighted by molar-refractivity contribution is 6.30. The minimum absolute atomic E-state index is 0.167. The fraction of sp³-hybridized carbons (Fsp3) is 0.611. The van der Waals surface area contributed by atoms with Crippen molar-refractivity contribution in [2.24, 2.45) is 5.92 Å². The molecule has 4 nitrogen and oxygen atoms in total. The summed E-state index contributed by atoms with van der Waals surface area (Å²) in [5, 5.41) is 7.27. The van der Waals surface area contributed by atoms with Crippen LogP contribution in [0.4, 0.5) is 0 Å². The van der Waals surface area contributed by atoms with Gasteiger partial charge in [0.15, 0.2) is 0 Å². The van der Waals surface area contributed by atoms with Crippen LogP contribution in [0.15, 0.2) is 24.3 Å². The molecule has 0 aromatic heterocycles. The van der Waals surface area contributed by atoms with Gasteiger partial charge in [0.2, 0.25) is 5.91 Å². The van der Waals surface area contributed by atoms with Crippen molar-refractivity contribution in [3.8, 4) is 0 Å². The summed E-state index contributed by atoms with van der Waals surface area (Å²) in [5.41, 5.74) is 1.24. The summed E-state index contributed by atoms with van der Waals surface area (Å²) in [6, 6.07) is 8.30. The van der Waals surface area contributed by atoms with Crippen LogP contribution < -0.4 is 10.6 Å². The van der Waals surface area contributed by atoms with E-state index in [1.807, 2.05) is 12.1 Å². The summed E-state index contributed by atoms with van der Waals surface area (Å²) in [5.74, 6) is 0.380. The van der Waals surface area contributed by atoms with E-state index < -0.39 is 0 Å². The van der Waals surface area contributed by atoms with E-state index in [9.17, 15) is 4.79 Å². The van der Waals surface area contributed by atoms with Gasteiger partial charge in [-0.1, -0.05) is 23.7 Å². The van der Waals surface area contributed by atoms with E-state index in [4.69, 9.17) is 11.6 Å². The van der Waals surface area contributed by atoms with Gasteiger partial charge in [-0.15, -0.1) is 0 Å². The van der Waals surface area contributed by atoms with Crippen LogP contribution in [-0.4, -0.2) is 43.5 Å². The number of likely N-dealkylation sites (tertiary alicyclic amines) is 1. The van der Waals surface area contributed by atoms with Gasteiger partial charge < -0.3 is 10.6 Å². The van der Waals surface area contributed by atoms with Crippen molar-refractivity contribution < 1.29 is 4.79 Å². The molecule has 2 heterocycles. The van der Waals surface area contributed by atoms with Gasteiger partial charge in [-0.3, -0.25) is 9.69 Å². The normalized spacial score (nSPS) is 21.3. The third-order valence-corrected chi connectivity index (χ3v) is 5.27. The van der Waals surface area contributed by atoms with E-state index in [0.29, 0.717) is 6.54 Å². The molecule has 1 atom stereocenters. The first-order valence-corrected chi connectivity index (χ1v) is 9.10. The molecule has 2 aliphatic heterocycles. The number of nitrogens with one attached hydrogen (secondary N) is 2. The van der Waals surface area contributed by atoms with E-state index in [1.165, 1.54) is 18.4 Å². The lowest BCUT2D eigenvalue weighted by molar-refractivity contribution is -0.126. The number of hydrogen-bond donors (Lipinski definition) is 2. The van der Waals surface area contributed by atoms with Crippen LogP contribution in [0.1, 0.15) is 37.3 Å². The lowest BCUT2D eigenvalue weighted by Crippen LogP contribution is -2.42. The summed E-state index contributed by atoms with van der Waals surface area (Å²) in [7, 11) is 0. The molecule has 0 radical (unpaired) electrons. The Labute approximate surface area is 143 Å². The minimum Gasteiger partial charge on any atom is -0.354 e. The predicted octanol–water partition coefficient (Wildman–Crippen LogP) is 2.59. The number of amides is 1. The predicted molar refractivity (Wildman–Crippen MR) is 93.6 cm³/mol. The minimum atomic E-state index is 0.167. The summed E-state index contributed by atoms with van der Waals surface area (Å²) in [6.07, 6.45) is 4.38. The van der Waals surface area contributed by atoms with Crippen LogP contribution in [0.25, 0.3) is 0 Å². The lowest BCUT2D eigenvalue weighted by Gasteiger charge is -2.29. The van der Waals surface area contributed by atoms with Crippen molar-refractivity contribution in [3.05, 3.63) is 34.9 Å². The van der Waals surface area contributed by atoms with E-state index in [-0.39, 0.29) is 17.9 Å². The van der Waals surface area contributed by atoms with Gasteiger partial charge in [0.25, 0.3) is 0 Å². The van der Waals surface area contributed by atoms with Gasteiger partial charge >= 0.3 is 0 Å². The second kappa shape index (κ2) is 8.13. The summed E-state index contributed by atoms with van der Waals surface area (Å²) in [4.78, 5) is 14.9. The molecule has 0 aliphatic carbocycles. The maximum atomic E-state index is 12.4. The number of rotatable bonds is 5. The first-order valence-electron chi connectivity index (χ1n) is 8.72. The quantitative estimate of drug-likeness (QED) is 0.869. The smallest absolute Gasteiger partial charge is 0.223 e. The van der Waals surface area contributed by atoms with Crippen molar-refractivity contribution in [2.75, 3.05) is 32.7 Å². The van der Waals surface area contributed by atoms with Crippen LogP contribution in [0.2, 0.25) is 5.02 Å². The molecule has 1 aromatic carbocycles. The molecule has 23 heavy (non-hydrogen) atoms. The van der Waals surface area contributed by atoms with Gasteiger partial charge in [-0.25, -0.2) is 0 Å². The van der Waals surface area contributed by atoms with Crippen molar-refractivity contribution in [1.29, 1.82) is 0 Å². The Morgan fingerprint density at radius 2 is 1.87 bits per heavy atom. The lowest BCUT2D eigenvalue weighted by atomic mass is 9.97. The molecule has 0 saturated carbocycles. The van der Waals surface area contributed by atoms with E-state index >= 15 is 0 Å². The number of piperidine rings is 1. The third-order valence-electron chi connectivity index (χ3n) is 5.02. The fourth-order valence-electron chi connectivity index (χ4n) is 3.62. The number of carbonyl (C=O) groups is 1. The van der Waals surface area contributed by atoms with Gasteiger partial charge in [0.05, 0.1) is 6.04 Å². The Bertz CT molecular complexity index is 508. The molecule has 2 fully saturated rings. The molecule has 2 aliphatic rings. The van der Waals surface area contributed by atoms with Crippen LogP contribution in [-0.2, 0) is 4.79 Å². The van der Waals surface area contributed by atoms with Crippen molar-refractivity contribution in [3.63, 3.8) is 0 Å². The molecular formula is C18H26ClN3O. The Morgan fingerprint density at radius 3 is 2.52 bits per heavy atom. The third kappa shape index (κ3) is 4.46. The standard InChI is InChI=1S/C18H26ClN3O/c19-16-5-3-14(4-6-16)17(22-11-1-2-12-22)13-21-18(23)15-7-9-20-10-8-15/h3-6,15,17,20H,1-2,7-13H2,(H,21,23)/t17-/m1/s1. The zero-order valence-corrected chi connectivity index (χ0v) is 14.3. The van der Waals surface area contributed by atoms with Crippen molar-refractivity contribution in [1.82, 2.24) is 15.5 Å². The van der Waals surface area contributed by atoms with E-state index in [1.54, 1.807) is 0 Å². The number of carbonyl (C=O) groups excluding carboxylic acids is 1. The van der Waals surface area contributed by atoms with Crippen LogP contribution in [0, 0.1) is 5.92 Å². The molecule has 0 bridgehead atoms. The zero-order valence-electron chi connectivity index (χ0n) is 13.6. The molecule has 1 aromatic rings. The summed E-state index contributed by atoms with van der Waals surface area (Å²) in [6.45, 7) is 4.80. The van der Waals surface area contributed by atoms with Gasteiger partial charge in [0.1, 0.15) is 0 Å². The molecule has 0 spiro atoms. The Balaban J connectivity index is 1.63. The maximum absolute atomic E-state index is 12.4. The summed E-state index contributed by atoms with van der Waals surface area (Å²) >= 11 is 6.02. The van der Waals surface area contributed by atoms with Crippen LogP contribution >= 0.6 is 11.6 Å². The first kappa shape index (κ1) is 16.7. The second-order valence-electron chi connectivity index (χ2n) is 6.58. The van der Waals surface area contributed by atoms with E-state index in [0.717, 1.165) is 44.0 Å². The van der Waals surface area contributed by atoms with Crippen LogP contribution in [0.3, 0.4) is 0 Å². The molecule has 5 heteroatoms. The summed E-state index contributed by atoms with van der Waals surface area (Å²) < 4.78 is 0. The Hall–Kier alpha value is -1.10. The van der Waals surface area contributed by atoms with Gasteiger partial charge in [0, 0.05) is 17.5 Å². The van der Waals surface area contributed by atoms with Gasteiger partial charge in [-0.05, 0) is 69.6 Å². The Morgan fingerprint density at radius 1 is 1.22 bits per heavy atom. The van der Waals surface area contributed by atoms with Crippen molar-refractivity contribution >= 4 is 17.5 Å². The topological polar surface area (TPSA) is 44.4 Å². The highest BCUT2D eigenvalue weighted by Gasteiger charge is 2.26. The second-order valence-corrected chi connectivity index (χ2v) is 7.02. The molecule has 1 amide bonds. The maximum Gasteiger partial charge on any atom is 0.223 e. The molecule has 126 valence electrons. The van der Waals surface area contributed by atoms with E-state index in [2.05, 4.69) is 27.7 Å². The number of nitrogens with zero attached hydrogens (tertiary/aromatic N) is 1. The molecule has 3 rings (SSSR count). The number of hydrogen-bond acceptors (Lipinski definition) is 3. The fourth-order valence-corrected chi connectivity index (χ4v) is 3.75. The number of halogens is 1. The molecular weight excluding hydrogens is 310 g/mol. The highest BCUT2D eigenvalue weighted by Crippen LogP contribution is 2.26. The largest absolute Gasteiger partial charge is 0.354 e. The highest BCUT2D eigenvalue weighted by atomic mass is 35.5. The molecule has 0 unspecified atom stereocenters. The van der Waals surface area contributed by atoms with Crippen LogP contribution in [0.5, 0.6) is 0 Å². The first-order chi connectivity index (χ1) is 11.2. The van der Waals surface area contributed by atoms with Crippen molar-refractivity contribution in [2.45, 2.75) is 31.7 Å². The molecule has 2 N–H and O–H groups in total. The van der Waals surface area contributed by atoms with Gasteiger partial charge in [-0.2, -0.15) is 0 Å². The SMILES string of the molecule is O=C(NC[C@H](c1ccc(Cl)cc1)N1CCCC1)C1CCNCC1.